The normalized spacial score (nSPS) is 22.0. The van der Waals surface area contributed by atoms with Gasteiger partial charge in [-0.1, -0.05) is 6.92 Å². The van der Waals surface area contributed by atoms with Gasteiger partial charge in [0.15, 0.2) is 0 Å². The van der Waals surface area contributed by atoms with Crippen LogP contribution in [0.15, 0.2) is 0 Å². The standard InChI is InChI=1S/C12H25N3O/c1-3-7-14-11-6-5-8-15(9-11)10-12(16)13-4-2/h11,14H,3-10H2,1-2H3,(H,13,16). The first kappa shape index (κ1) is 13.5. The fourth-order valence-electron chi connectivity index (χ4n) is 2.17. The highest BCUT2D eigenvalue weighted by molar-refractivity contribution is 5.77. The van der Waals surface area contributed by atoms with Crippen molar-refractivity contribution in [2.45, 2.75) is 39.2 Å². The van der Waals surface area contributed by atoms with Crippen LogP contribution < -0.4 is 10.6 Å². The van der Waals surface area contributed by atoms with E-state index in [2.05, 4.69) is 22.5 Å². The van der Waals surface area contributed by atoms with E-state index in [1.54, 1.807) is 0 Å². The lowest BCUT2D eigenvalue weighted by Gasteiger charge is -2.32. The van der Waals surface area contributed by atoms with Crippen molar-refractivity contribution in [2.24, 2.45) is 0 Å². The van der Waals surface area contributed by atoms with Gasteiger partial charge in [-0.25, -0.2) is 0 Å². The zero-order chi connectivity index (χ0) is 11.8. The summed E-state index contributed by atoms with van der Waals surface area (Å²) in [6.45, 7) is 8.57. The topological polar surface area (TPSA) is 44.4 Å². The van der Waals surface area contributed by atoms with Crippen molar-refractivity contribution >= 4 is 5.91 Å². The Kier molecular flexibility index (Phi) is 6.42. The molecule has 0 aliphatic carbocycles. The third-order valence-corrected chi connectivity index (χ3v) is 2.93. The third-order valence-electron chi connectivity index (χ3n) is 2.93. The number of likely N-dealkylation sites (tertiary alicyclic amines) is 1. The van der Waals surface area contributed by atoms with E-state index < -0.39 is 0 Å². The average Bonchev–Trinajstić information content (AvgIpc) is 2.27. The molecule has 0 aromatic heterocycles. The quantitative estimate of drug-likeness (QED) is 0.698. The molecule has 0 spiro atoms. The van der Waals surface area contributed by atoms with Gasteiger partial charge >= 0.3 is 0 Å². The van der Waals surface area contributed by atoms with Gasteiger partial charge in [-0.3, -0.25) is 9.69 Å². The molecule has 0 saturated carbocycles. The Hall–Kier alpha value is -0.610. The monoisotopic (exact) mass is 227 g/mol. The maximum Gasteiger partial charge on any atom is 0.234 e. The fraction of sp³-hybridized carbons (Fsp3) is 0.917. The zero-order valence-corrected chi connectivity index (χ0v) is 10.6. The molecule has 1 heterocycles. The first-order valence-corrected chi connectivity index (χ1v) is 6.48. The van der Waals surface area contributed by atoms with Gasteiger partial charge in [-0.15, -0.1) is 0 Å². The van der Waals surface area contributed by atoms with Crippen molar-refractivity contribution < 1.29 is 4.79 Å². The third kappa shape index (κ3) is 4.94. The van der Waals surface area contributed by atoms with Gasteiger partial charge in [-0.2, -0.15) is 0 Å². The number of carbonyl (C=O) groups is 1. The number of rotatable bonds is 6. The van der Waals surface area contributed by atoms with E-state index in [4.69, 9.17) is 0 Å². The van der Waals surface area contributed by atoms with Gasteiger partial charge in [0.25, 0.3) is 0 Å². The van der Waals surface area contributed by atoms with Crippen LogP contribution in [0.1, 0.15) is 33.1 Å². The molecular weight excluding hydrogens is 202 g/mol. The van der Waals surface area contributed by atoms with Crippen molar-refractivity contribution in [2.75, 3.05) is 32.7 Å². The Bertz CT molecular complexity index is 208. The molecule has 1 rings (SSSR count). The fourth-order valence-corrected chi connectivity index (χ4v) is 2.17. The lowest BCUT2D eigenvalue weighted by atomic mass is 10.1. The van der Waals surface area contributed by atoms with Crippen molar-refractivity contribution in [3.8, 4) is 0 Å². The number of hydrogen-bond acceptors (Lipinski definition) is 3. The first-order valence-electron chi connectivity index (χ1n) is 6.48. The van der Waals surface area contributed by atoms with E-state index >= 15 is 0 Å². The van der Waals surface area contributed by atoms with Crippen molar-refractivity contribution in [1.29, 1.82) is 0 Å². The molecule has 0 aromatic rings. The first-order chi connectivity index (χ1) is 7.76. The van der Waals surface area contributed by atoms with Crippen LogP contribution in [-0.4, -0.2) is 49.6 Å². The summed E-state index contributed by atoms with van der Waals surface area (Å²) in [6.07, 6.45) is 3.61. The second-order valence-corrected chi connectivity index (χ2v) is 4.48. The lowest BCUT2D eigenvalue weighted by molar-refractivity contribution is -0.122. The summed E-state index contributed by atoms with van der Waals surface area (Å²) in [5.41, 5.74) is 0. The maximum absolute atomic E-state index is 11.5. The number of likely N-dealkylation sites (N-methyl/N-ethyl adjacent to an activating group) is 1. The number of carbonyl (C=O) groups excluding carboxylic acids is 1. The van der Waals surface area contributed by atoms with Gasteiger partial charge in [-0.05, 0) is 39.3 Å². The van der Waals surface area contributed by atoms with Crippen LogP contribution in [0.3, 0.4) is 0 Å². The van der Waals surface area contributed by atoms with Crippen LogP contribution in [-0.2, 0) is 4.79 Å². The second kappa shape index (κ2) is 7.63. The van der Waals surface area contributed by atoms with Gasteiger partial charge in [0.1, 0.15) is 0 Å². The highest BCUT2D eigenvalue weighted by atomic mass is 16.2. The summed E-state index contributed by atoms with van der Waals surface area (Å²) in [5, 5.41) is 6.38. The molecule has 16 heavy (non-hydrogen) atoms. The summed E-state index contributed by atoms with van der Waals surface area (Å²) in [5.74, 6) is 0.152. The minimum atomic E-state index is 0.152. The van der Waals surface area contributed by atoms with E-state index in [0.29, 0.717) is 12.6 Å². The molecule has 1 fully saturated rings. The average molecular weight is 227 g/mol. The number of amides is 1. The van der Waals surface area contributed by atoms with Crippen LogP contribution in [0.2, 0.25) is 0 Å². The maximum atomic E-state index is 11.5. The SMILES string of the molecule is CCCNC1CCCN(CC(=O)NCC)C1. The summed E-state index contributed by atoms with van der Waals surface area (Å²) in [4.78, 5) is 13.7. The predicted octanol–water partition coefficient (Wildman–Crippen LogP) is 0.587. The van der Waals surface area contributed by atoms with Crippen molar-refractivity contribution in [3.63, 3.8) is 0 Å². The van der Waals surface area contributed by atoms with E-state index in [-0.39, 0.29) is 5.91 Å². The van der Waals surface area contributed by atoms with Crippen LogP contribution in [0, 0.1) is 0 Å². The molecule has 4 heteroatoms. The van der Waals surface area contributed by atoms with E-state index in [9.17, 15) is 4.79 Å². The van der Waals surface area contributed by atoms with E-state index in [0.717, 1.165) is 26.2 Å². The second-order valence-electron chi connectivity index (χ2n) is 4.48. The molecule has 1 aliphatic rings. The summed E-state index contributed by atoms with van der Waals surface area (Å²) in [7, 11) is 0. The largest absolute Gasteiger partial charge is 0.355 e. The molecular formula is C12H25N3O. The molecule has 0 radical (unpaired) electrons. The molecule has 1 aliphatic heterocycles. The minimum Gasteiger partial charge on any atom is -0.355 e. The molecule has 4 nitrogen and oxygen atoms in total. The molecule has 1 atom stereocenters. The summed E-state index contributed by atoms with van der Waals surface area (Å²) in [6, 6.07) is 0.572. The summed E-state index contributed by atoms with van der Waals surface area (Å²) >= 11 is 0. The van der Waals surface area contributed by atoms with Crippen molar-refractivity contribution in [3.05, 3.63) is 0 Å². The van der Waals surface area contributed by atoms with Gasteiger partial charge in [0.05, 0.1) is 6.54 Å². The van der Waals surface area contributed by atoms with E-state index in [1.165, 1.54) is 19.3 Å². The van der Waals surface area contributed by atoms with Gasteiger partial charge in [0.2, 0.25) is 5.91 Å². The molecule has 0 bridgehead atoms. The Morgan fingerprint density at radius 3 is 2.94 bits per heavy atom. The molecule has 94 valence electrons. The van der Waals surface area contributed by atoms with Gasteiger partial charge in [0, 0.05) is 19.1 Å². The Morgan fingerprint density at radius 2 is 2.25 bits per heavy atom. The van der Waals surface area contributed by atoms with Crippen LogP contribution in [0.5, 0.6) is 0 Å². The smallest absolute Gasteiger partial charge is 0.234 e. The Morgan fingerprint density at radius 1 is 1.44 bits per heavy atom. The van der Waals surface area contributed by atoms with Crippen LogP contribution in [0.25, 0.3) is 0 Å². The highest BCUT2D eigenvalue weighted by Crippen LogP contribution is 2.09. The molecule has 1 amide bonds. The number of piperidine rings is 1. The van der Waals surface area contributed by atoms with E-state index in [1.807, 2.05) is 6.92 Å². The molecule has 1 unspecified atom stereocenters. The molecule has 0 aromatic carbocycles. The highest BCUT2D eigenvalue weighted by Gasteiger charge is 2.20. The minimum absolute atomic E-state index is 0.152. The number of nitrogens with one attached hydrogen (secondary N) is 2. The molecule has 2 N–H and O–H groups in total. The van der Waals surface area contributed by atoms with Crippen molar-refractivity contribution in [1.82, 2.24) is 15.5 Å². The Balaban J connectivity index is 2.24. The summed E-state index contributed by atoms with van der Waals surface area (Å²) < 4.78 is 0. The zero-order valence-electron chi connectivity index (χ0n) is 10.6. The molecule has 1 saturated heterocycles. The van der Waals surface area contributed by atoms with Gasteiger partial charge < -0.3 is 10.6 Å². The Labute approximate surface area is 98.8 Å². The number of nitrogens with zero attached hydrogens (tertiary/aromatic N) is 1. The van der Waals surface area contributed by atoms with Crippen LogP contribution >= 0.6 is 0 Å². The predicted molar refractivity (Wildman–Crippen MR) is 66.4 cm³/mol. The number of hydrogen-bond donors (Lipinski definition) is 2. The van der Waals surface area contributed by atoms with Crippen LogP contribution in [0.4, 0.5) is 0 Å². The lowest BCUT2D eigenvalue weighted by Crippen LogP contribution is -2.48.